The lowest BCUT2D eigenvalue weighted by atomic mass is 10.2. The summed E-state index contributed by atoms with van der Waals surface area (Å²) in [6.45, 7) is 2.04. The Kier molecular flexibility index (Phi) is 9.75. The molecule has 1 heterocycles. The lowest BCUT2D eigenvalue weighted by Gasteiger charge is -2.03. The number of nitrogens with zero attached hydrogens (tertiary/aromatic N) is 1. The van der Waals surface area contributed by atoms with Crippen molar-refractivity contribution < 1.29 is 9.90 Å². The summed E-state index contributed by atoms with van der Waals surface area (Å²) >= 11 is 1.71. The Morgan fingerprint density at radius 2 is 2.06 bits per heavy atom. The lowest BCUT2D eigenvalue weighted by Crippen LogP contribution is -2.30. The van der Waals surface area contributed by atoms with E-state index < -0.39 is 12.0 Å². The summed E-state index contributed by atoms with van der Waals surface area (Å²) in [6.07, 6.45) is 4.06. The van der Waals surface area contributed by atoms with Crippen LogP contribution in [-0.2, 0) is 4.79 Å². The zero-order valence-corrected chi connectivity index (χ0v) is 10.2. The second-order valence-corrected chi connectivity index (χ2v) is 4.35. The molecule has 0 saturated carbocycles. The van der Waals surface area contributed by atoms with Crippen molar-refractivity contribution in [3.05, 3.63) is 30.6 Å². The molecule has 0 aromatic carbocycles. The van der Waals surface area contributed by atoms with E-state index in [1.54, 1.807) is 24.2 Å². The molecule has 0 unspecified atom stereocenters. The van der Waals surface area contributed by atoms with Gasteiger partial charge in [0.1, 0.15) is 6.04 Å². The van der Waals surface area contributed by atoms with Crippen molar-refractivity contribution in [3.63, 3.8) is 0 Å². The number of carboxylic acids is 1. The quantitative estimate of drug-likeness (QED) is 0.767. The molecule has 0 aliphatic carbocycles. The number of thioether (sulfide) groups is 1. The first kappa shape index (κ1) is 14.9. The number of pyridine rings is 1. The van der Waals surface area contributed by atoms with E-state index in [0.29, 0.717) is 6.42 Å². The molecular formula is C11H18N2O2S. The number of rotatable bonds is 5. The minimum absolute atomic E-state index is 0.563. The summed E-state index contributed by atoms with van der Waals surface area (Å²) in [5, 5.41) is 8.35. The highest BCUT2D eigenvalue weighted by molar-refractivity contribution is 7.99. The van der Waals surface area contributed by atoms with Crippen molar-refractivity contribution in [2.45, 2.75) is 19.4 Å². The van der Waals surface area contributed by atoms with Crippen LogP contribution >= 0.6 is 11.8 Å². The Morgan fingerprint density at radius 1 is 1.44 bits per heavy atom. The topological polar surface area (TPSA) is 76.2 Å². The van der Waals surface area contributed by atoms with Crippen molar-refractivity contribution in [2.75, 3.05) is 11.5 Å². The predicted octanol–water partition coefficient (Wildman–Crippen LogP) is 1.62. The van der Waals surface area contributed by atoms with Crippen LogP contribution in [0.3, 0.4) is 0 Å². The number of carboxylic acid groups (broad SMARTS) is 1. The van der Waals surface area contributed by atoms with Crippen molar-refractivity contribution in [1.82, 2.24) is 4.98 Å². The van der Waals surface area contributed by atoms with Gasteiger partial charge in [-0.1, -0.05) is 13.0 Å². The number of hydrogen-bond acceptors (Lipinski definition) is 4. The molecule has 90 valence electrons. The van der Waals surface area contributed by atoms with E-state index in [9.17, 15) is 4.79 Å². The summed E-state index contributed by atoms with van der Waals surface area (Å²) in [5.74, 6) is 0.952. The third-order valence-corrected chi connectivity index (χ3v) is 2.59. The Labute approximate surface area is 100 Å². The third kappa shape index (κ3) is 9.48. The first-order chi connectivity index (χ1) is 7.68. The van der Waals surface area contributed by atoms with Gasteiger partial charge in [-0.2, -0.15) is 11.8 Å². The Balaban J connectivity index is 0.000000315. The molecule has 0 aliphatic rings. The Morgan fingerprint density at radius 3 is 2.38 bits per heavy atom. The summed E-state index contributed by atoms with van der Waals surface area (Å²) in [5.41, 5.74) is 5.24. The zero-order valence-electron chi connectivity index (χ0n) is 9.37. The molecule has 16 heavy (non-hydrogen) atoms. The highest BCUT2D eigenvalue weighted by Crippen LogP contribution is 2.02. The van der Waals surface area contributed by atoms with Crippen LogP contribution in [0.15, 0.2) is 30.6 Å². The molecule has 0 fully saturated rings. The maximum absolute atomic E-state index is 10.2. The fourth-order valence-corrected chi connectivity index (χ4v) is 1.50. The van der Waals surface area contributed by atoms with E-state index in [-0.39, 0.29) is 0 Å². The van der Waals surface area contributed by atoms with Crippen LogP contribution < -0.4 is 5.73 Å². The van der Waals surface area contributed by atoms with Crippen LogP contribution in [0, 0.1) is 0 Å². The maximum Gasteiger partial charge on any atom is 0.320 e. The standard InChI is InChI=1S/C6H13NO2S.C5H5N/c1-2-10-4-3-5(7)6(8)9;1-2-4-6-5-3-1/h5H,2-4,7H2,1H3,(H,8,9);1-5H/t5-;/m0./s1. The van der Waals surface area contributed by atoms with Gasteiger partial charge in [-0.25, -0.2) is 0 Å². The van der Waals surface area contributed by atoms with Gasteiger partial charge < -0.3 is 10.8 Å². The smallest absolute Gasteiger partial charge is 0.320 e. The molecule has 5 heteroatoms. The van der Waals surface area contributed by atoms with E-state index in [1.807, 2.05) is 25.1 Å². The van der Waals surface area contributed by atoms with E-state index in [0.717, 1.165) is 11.5 Å². The molecule has 0 spiro atoms. The number of aliphatic carboxylic acids is 1. The summed E-state index contributed by atoms with van der Waals surface area (Å²) in [6, 6.07) is 5.03. The van der Waals surface area contributed by atoms with Crippen LogP contribution in [0.5, 0.6) is 0 Å². The highest BCUT2D eigenvalue weighted by atomic mass is 32.2. The van der Waals surface area contributed by atoms with E-state index in [1.165, 1.54) is 0 Å². The van der Waals surface area contributed by atoms with E-state index in [4.69, 9.17) is 10.8 Å². The normalized spacial score (nSPS) is 11.1. The number of aromatic nitrogens is 1. The van der Waals surface area contributed by atoms with Gasteiger partial charge in [0.05, 0.1) is 0 Å². The van der Waals surface area contributed by atoms with E-state index >= 15 is 0 Å². The molecule has 3 N–H and O–H groups in total. The van der Waals surface area contributed by atoms with Crippen LogP contribution in [0.4, 0.5) is 0 Å². The fraction of sp³-hybridized carbons (Fsp3) is 0.455. The molecule has 1 aromatic heterocycles. The predicted molar refractivity (Wildman–Crippen MR) is 67.5 cm³/mol. The number of nitrogens with two attached hydrogens (primary N) is 1. The molecule has 1 aromatic rings. The van der Waals surface area contributed by atoms with Crippen molar-refractivity contribution >= 4 is 17.7 Å². The molecule has 0 amide bonds. The van der Waals surface area contributed by atoms with Gasteiger partial charge in [-0.05, 0) is 30.1 Å². The van der Waals surface area contributed by atoms with Gasteiger partial charge in [0.25, 0.3) is 0 Å². The van der Waals surface area contributed by atoms with Gasteiger partial charge in [0.15, 0.2) is 0 Å². The van der Waals surface area contributed by atoms with Crippen LogP contribution in [0.25, 0.3) is 0 Å². The molecule has 0 saturated heterocycles. The minimum atomic E-state index is -0.906. The van der Waals surface area contributed by atoms with Gasteiger partial charge in [0, 0.05) is 12.4 Å². The summed E-state index contributed by atoms with van der Waals surface area (Å²) in [4.78, 5) is 13.9. The summed E-state index contributed by atoms with van der Waals surface area (Å²) in [7, 11) is 0. The van der Waals surface area contributed by atoms with Crippen molar-refractivity contribution in [2.24, 2.45) is 5.73 Å². The SMILES string of the molecule is CCSCC[C@H](N)C(=O)O.c1ccncc1. The second-order valence-electron chi connectivity index (χ2n) is 2.95. The molecule has 0 radical (unpaired) electrons. The first-order valence-corrected chi connectivity index (χ1v) is 6.25. The minimum Gasteiger partial charge on any atom is -0.480 e. The van der Waals surface area contributed by atoms with Crippen molar-refractivity contribution in [1.29, 1.82) is 0 Å². The fourth-order valence-electron chi connectivity index (χ4n) is 0.791. The highest BCUT2D eigenvalue weighted by Gasteiger charge is 2.09. The average molecular weight is 242 g/mol. The molecule has 1 atom stereocenters. The van der Waals surface area contributed by atoms with E-state index in [2.05, 4.69) is 4.98 Å². The second kappa shape index (κ2) is 10.4. The molecule has 1 rings (SSSR count). The van der Waals surface area contributed by atoms with Crippen LogP contribution in [0.1, 0.15) is 13.3 Å². The number of hydrogen-bond donors (Lipinski definition) is 2. The largest absolute Gasteiger partial charge is 0.480 e. The molecular weight excluding hydrogens is 224 g/mol. The van der Waals surface area contributed by atoms with Crippen molar-refractivity contribution in [3.8, 4) is 0 Å². The molecule has 0 aliphatic heterocycles. The third-order valence-electron chi connectivity index (χ3n) is 1.66. The average Bonchev–Trinajstić information content (AvgIpc) is 2.32. The molecule has 0 bridgehead atoms. The monoisotopic (exact) mass is 242 g/mol. The van der Waals surface area contributed by atoms with Gasteiger partial charge in [-0.3, -0.25) is 9.78 Å². The van der Waals surface area contributed by atoms with Crippen LogP contribution in [-0.4, -0.2) is 33.6 Å². The Bertz CT molecular complexity index is 243. The van der Waals surface area contributed by atoms with Gasteiger partial charge >= 0.3 is 5.97 Å². The van der Waals surface area contributed by atoms with Gasteiger partial charge in [-0.15, -0.1) is 0 Å². The maximum atomic E-state index is 10.2. The first-order valence-electron chi connectivity index (χ1n) is 5.09. The molecule has 4 nitrogen and oxygen atoms in total. The van der Waals surface area contributed by atoms with Crippen LogP contribution in [0.2, 0.25) is 0 Å². The number of carbonyl (C=O) groups is 1. The Hall–Kier alpha value is -1.07. The lowest BCUT2D eigenvalue weighted by molar-refractivity contribution is -0.138. The zero-order chi connectivity index (χ0) is 12.2. The van der Waals surface area contributed by atoms with Gasteiger partial charge in [0.2, 0.25) is 0 Å². The summed E-state index contributed by atoms with van der Waals surface area (Å²) < 4.78 is 0.